The third-order valence-corrected chi connectivity index (χ3v) is 5.05. The van der Waals surface area contributed by atoms with Crippen molar-refractivity contribution in [1.82, 2.24) is 10.2 Å². The molecule has 144 valence electrons. The molecule has 1 aliphatic rings. The summed E-state index contributed by atoms with van der Waals surface area (Å²) in [5.74, 6) is 0. The van der Waals surface area contributed by atoms with Crippen LogP contribution in [0.2, 0.25) is 0 Å². The van der Waals surface area contributed by atoms with Crippen molar-refractivity contribution in [3.63, 3.8) is 0 Å². The van der Waals surface area contributed by atoms with Gasteiger partial charge in [-0.25, -0.2) is 0 Å². The number of benzene rings is 1. The van der Waals surface area contributed by atoms with Crippen LogP contribution in [-0.2, 0) is 11.3 Å². The summed E-state index contributed by atoms with van der Waals surface area (Å²) in [5.41, 5.74) is 1.47. The minimum Gasteiger partial charge on any atom is -0.375 e. The molecule has 1 N–H and O–H groups in total. The molecule has 26 heavy (non-hydrogen) atoms. The van der Waals surface area contributed by atoms with E-state index in [2.05, 4.69) is 71.8 Å². The number of ether oxygens (including phenoxy) is 1. The highest BCUT2D eigenvalue weighted by Crippen LogP contribution is 2.27. The van der Waals surface area contributed by atoms with E-state index in [-0.39, 0.29) is 5.60 Å². The Hall–Kier alpha value is -1.42. The number of hydrogen-bond donors (Lipinski definition) is 1. The number of nitrogens with one attached hydrogen (secondary N) is 1. The summed E-state index contributed by atoms with van der Waals surface area (Å²) in [6, 6.07) is 10.8. The third-order valence-electron chi connectivity index (χ3n) is 5.05. The van der Waals surface area contributed by atoms with Crippen LogP contribution in [0.1, 0.15) is 44.6 Å². The lowest BCUT2D eigenvalue weighted by Gasteiger charge is -2.35. The lowest BCUT2D eigenvalue weighted by Crippen LogP contribution is -2.36. The molecule has 1 saturated heterocycles. The van der Waals surface area contributed by atoms with Crippen molar-refractivity contribution < 1.29 is 4.74 Å². The van der Waals surface area contributed by atoms with Gasteiger partial charge in [-0.3, -0.25) is 4.90 Å². The molecule has 1 aromatic rings. The normalized spacial score (nSPS) is 19.0. The molecule has 0 aliphatic carbocycles. The first-order valence-electron chi connectivity index (χ1n) is 10.1. The molecule has 2 rings (SSSR count). The van der Waals surface area contributed by atoms with Crippen LogP contribution in [-0.4, -0.2) is 43.8 Å². The van der Waals surface area contributed by atoms with Gasteiger partial charge in [0.05, 0.1) is 12.2 Å². The summed E-state index contributed by atoms with van der Waals surface area (Å²) in [5, 5.41) is 3.10. The third kappa shape index (κ3) is 8.31. The fraction of sp³-hybridized carbons (Fsp3) is 0.565. The predicted octanol–water partition coefficient (Wildman–Crippen LogP) is 4.56. The van der Waals surface area contributed by atoms with Gasteiger partial charge < -0.3 is 10.1 Å². The first-order valence-corrected chi connectivity index (χ1v) is 10.1. The van der Waals surface area contributed by atoms with Crippen LogP contribution < -0.4 is 5.32 Å². The van der Waals surface area contributed by atoms with E-state index in [1.54, 1.807) is 0 Å². The zero-order valence-electron chi connectivity index (χ0n) is 16.6. The molecule has 0 saturated carbocycles. The minimum absolute atomic E-state index is 0.0502. The zero-order valence-corrected chi connectivity index (χ0v) is 16.6. The molecule has 0 radical (unpaired) electrons. The summed E-state index contributed by atoms with van der Waals surface area (Å²) in [4.78, 5) is 2.59. The fourth-order valence-electron chi connectivity index (χ4n) is 3.55. The quantitative estimate of drug-likeness (QED) is 0.518. The van der Waals surface area contributed by atoms with Crippen LogP contribution in [0.25, 0.3) is 0 Å². The molecule has 0 unspecified atom stereocenters. The number of hydrogen-bond acceptors (Lipinski definition) is 3. The van der Waals surface area contributed by atoms with Crippen LogP contribution in [0.3, 0.4) is 0 Å². The Morgan fingerprint density at radius 3 is 2.46 bits per heavy atom. The molecule has 1 heterocycles. The van der Waals surface area contributed by atoms with E-state index in [9.17, 15) is 0 Å². The Morgan fingerprint density at radius 1 is 1.08 bits per heavy atom. The number of allylic oxidation sites excluding steroid dienone is 2. The monoisotopic (exact) mass is 356 g/mol. The van der Waals surface area contributed by atoms with Crippen molar-refractivity contribution in [3.05, 3.63) is 60.2 Å². The molecule has 3 heteroatoms. The maximum absolute atomic E-state index is 6.28. The number of likely N-dealkylation sites (tertiary alicyclic amines) is 1. The summed E-state index contributed by atoms with van der Waals surface area (Å²) in [6.45, 7) is 7.45. The maximum atomic E-state index is 6.28. The highest BCUT2D eigenvalue weighted by molar-refractivity contribution is 5.14. The largest absolute Gasteiger partial charge is 0.375 e. The Kier molecular flexibility index (Phi) is 9.68. The molecular weight excluding hydrogens is 320 g/mol. The second-order valence-corrected chi connectivity index (χ2v) is 7.47. The zero-order chi connectivity index (χ0) is 18.5. The van der Waals surface area contributed by atoms with Gasteiger partial charge in [0.2, 0.25) is 0 Å². The second-order valence-electron chi connectivity index (χ2n) is 7.47. The van der Waals surface area contributed by atoms with Crippen molar-refractivity contribution >= 4 is 0 Å². The standard InChI is InChI=1S/C23H36N2O/c1-23(26-20-10-5-3-4-9-17-24-2)15-11-18-25(19-12-16-23)21-22-13-7-6-8-14-22/h3-9,13-14,24H,10-12,15-21H2,1-2H3/b5-3-,9-4-. The molecule has 0 amide bonds. The molecule has 1 aliphatic heterocycles. The summed E-state index contributed by atoms with van der Waals surface area (Å²) in [7, 11) is 1.96. The summed E-state index contributed by atoms with van der Waals surface area (Å²) < 4.78 is 6.28. The van der Waals surface area contributed by atoms with Crippen molar-refractivity contribution in [3.8, 4) is 0 Å². The predicted molar refractivity (Wildman–Crippen MR) is 111 cm³/mol. The van der Waals surface area contributed by atoms with Crippen LogP contribution >= 0.6 is 0 Å². The molecule has 0 spiro atoms. The average Bonchev–Trinajstić information content (AvgIpc) is 2.63. The Balaban J connectivity index is 1.67. The van der Waals surface area contributed by atoms with Gasteiger partial charge in [-0.05, 0) is 64.7 Å². The van der Waals surface area contributed by atoms with E-state index < -0.39 is 0 Å². The van der Waals surface area contributed by atoms with Gasteiger partial charge in [0.25, 0.3) is 0 Å². The molecule has 0 bridgehead atoms. The van der Waals surface area contributed by atoms with Gasteiger partial charge >= 0.3 is 0 Å². The van der Waals surface area contributed by atoms with Crippen LogP contribution in [0.4, 0.5) is 0 Å². The van der Waals surface area contributed by atoms with Crippen molar-refractivity contribution in [1.29, 1.82) is 0 Å². The highest BCUT2D eigenvalue weighted by atomic mass is 16.5. The second kappa shape index (κ2) is 12.1. The molecular formula is C23H36N2O. The minimum atomic E-state index is 0.0502. The molecule has 0 aromatic heterocycles. The van der Waals surface area contributed by atoms with Gasteiger partial charge in [0.1, 0.15) is 0 Å². The SMILES string of the molecule is CNC/C=C\C=C/CCOC1(C)CCCN(Cc2ccccc2)CCC1. The first-order chi connectivity index (χ1) is 12.7. The number of likely N-dealkylation sites (N-methyl/N-ethyl adjacent to an activating group) is 1. The van der Waals surface area contributed by atoms with E-state index in [1.165, 1.54) is 31.5 Å². The van der Waals surface area contributed by atoms with Crippen molar-refractivity contribution in [2.75, 3.05) is 33.3 Å². The van der Waals surface area contributed by atoms with E-state index in [4.69, 9.17) is 4.74 Å². The Labute approximate surface area is 160 Å². The highest BCUT2D eigenvalue weighted by Gasteiger charge is 2.26. The number of nitrogens with zero attached hydrogens (tertiary/aromatic N) is 1. The van der Waals surface area contributed by atoms with E-state index in [0.717, 1.165) is 39.0 Å². The van der Waals surface area contributed by atoms with Gasteiger partial charge in [0.15, 0.2) is 0 Å². The fourth-order valence-corrected chi connectivity index (χ4v) is 3.55. The van der Waals surface area contributed by atoms with E-state index in [1.807, 2.05) is 7.05 Å². The maximum Gasteiger partial charge on any atom is 0.0655 e. The summed E-state index contributed by atoms with van der Waals surface area (Å²) in [6.07, 6.45) is 14.2. The summed E-state index contributed by atoms with van der Waals surface area (Å²) >= 11 is 0. The Morgan fingerprint density at radius 2 is 1.77 bits per heavy atom. The van der Waals surface area contributed by atoms with Gasteiger partial charge in [0, 0.05) is 13.1 Å². The lowest BCUT2D eigenvalue weighted by molar-refractivity contribution is -0.0513. The van der Waals surface area contributed by atoms with Crippen molar-refractivity contribution in [2.24, 2.45) is 0 Å². The van der Waals surface area contributed by atoms with Gasteiger partial charge in [-0.1, -0.05) is 54.6 Å². The van der Waals surface area contributed by atoms with Gasteiger partial charge in [-0.15, -0.1) is 0 Å². The lowest BCUT2D eigenvalue weighted by atomic mass is 9.92. The van der Waals surface area contributed by atoms with Crippen LogP contribution in [0, 0.1) is 0 Å². The molecule has 0 atom stereocenters. The topological polar surface area (TPSA) is 24.5 Å². The van der Waals surface area contributed by atoms with Gasteiger partial charge in [-0.2, -0.15) is 0 Å². The molecule has 1 fully saturated rings. The smallest absolute Gasteiger partial charge is 0.0655 e. The Bertz CT molecular complexity index is 528. The van der Waals surface area contributed by atoms with Crippen LogP contribution in [0.5, 0.6) is 0 Å². The average molecular weight is 357 g/mol. The molecule has 1 aromatic carbocycles. The van der Waals surface area contributed by atoms with E-state index >= 15 is 0 Å². The number of rotatable bonds is 9. The first kappa shape index (κ1) is 20.9. The molecule has 3 nitrogen and oxygen atoms in total. The van der Waals surface area contributed by atoms with Crippen LogP contribution in [0.15, 0.2) is 54.6 Å². The van der Waals surface area contributed by atoms with E-state index in [0.29, 0.717) is 0 Å². The van der Waals surface area contributed by atoms with Crippen molar-refractivity contribution in [2.45, 2.75) is 51.2 Å².